The number of ether oxygens (including phenoxy) is 1. The van der Waals surface area contributed by atoms with Crippen LogP contribution in [0.5, 0.6) is 0 Å². The molecule has 1 heterocycles. The van der Waals surface area contributed by atoms with E-state index < -0.39 is 0 Å². The Labute approximate surface area is 84.3 Å². The molecule has 0 aliphatic heterocycles. The van der Waals surface area contributed by atoms with Crippen LogP contribution in [0, 0.1) is 0 Å². The van der Waals surface area contributed by atoms with Gasteiger partial charge >= 0.3 is 0 Å². The van der Waals surface area contributed by atoms with Gasteiger partial charge in [-0.05, 0) is 20.8 Å². The molecule has 0 atom stereocenters. The van der Waals surface area contributed by atoms with Crippen LogP contribution in [0.3, 0.4) is 0 Å². The van der Waals surface area contributed by atoms with Gasteiger partial charge in [-0.2, -0.15) is 0 Å². The van der Waals surface area contributed by atoms with Crippen molar-refractivity contribution in [3.63, 3.8) is 0 Å². The highest BCUT2D eigenvalue weighted by Crippen LogP contribution is 2.06. The summed E-state index contributed by atoms with van der Waals surface area (Å²) in [6.45, 7) is 7.51. The van der Waals surface area contributed by atoms with E-state index in [0.29, 0.717) is 6.61 Å². The van der Waals surface area contributed by atoms with Crippen LogP contribution >= 0.6 is 0 Å². The highest BCUT2D eigenvalue weighted by Gasteiger charge is 2.08. The van der Waals surface area contributed by atoms with Crippen LogP contribution < -0.4 is 5.43 Å². The van der Waals surface area contributed by atoms with E-state index in [1.807, 2.05) is 25.3 Å². The lowest BCUT2D eigenvalue weighted by Gasteiger charge is -2.19. The number of hydrogen-bond acceptors (Lipinski definition) is 2. The second-order valence-electron chi connectivity index (χ2n) is 4.23. The van der Waals surface area contributed by atoms with Crippen molar-refractivity contribution < 1.29 is 4.74 Å². The number of hydrogen-bond donors (Lipinski definition) is 0. The summed E-state index contributed by atoms with van der Waals surface area (Å²) in [6, 6.07) is 3.11. The van der Waals surface area contributed by atoms with E-state index in [2.05, 4.69) is 0 Å². The molecule has 0 amide bonds. The van der Waals surface area contributed by atoms with E-state index in [1.54, 1.807) is 24.5 Å². The smallest absolute Gasteiger partial charge is 0.181 e. The number of rotatable bonds is 3. The number of aromatic nitrogens is 1. The van der Waals surface area contributed by atoms with Crippen molar-refractivity contribution in [2.75, 3.05) is 6.61 Å². The third-order valence-electron chi connectivity index (χ3n) is 1.75. The highest BCUT2D eigenvalue weighted by atomic mass is 16.5. The van der Waals surface area contributed by atoms with Crippen molar-refractivity contribution in [1.29, 1.82) is 0 Å². The zero-order chi connectivity index (χ0) is 10.6. The summed E-state index contributed by atoms with van der Waals surface area (Å²) in [5.41, 5.74) is -0.0584. The van der Waals surface area contributed by atoms with E-state index in [4.69, 9.17) is 4.74 Å². The van der Waals surface area contributed by atoms with Crippen molar-refractivity contribution in [2.24, 2.45) is 0 Å². The van der Waals surface area contributed by atoms with E-state index in [-0.39, 0.29) is 11.0 Å². The summed E-state index contributed by atoms with van der Waals surface area (Å²) < 4.78 is 7.50. The van der Waals surface area contributed by atoms with Gasteiger partial charge in [0.05, 0.1) is 12.2 Å². The van der Waals surface area contributed by atoms with Crippen LogP contribution in [0.2, 0.25) is 0 Å². The van der Waals surface area contributed by atoms with Gasteiger partial charge in [0.1, 0.15) is 0 Å². The van der Waals surface area contributed by atoms with Crippen molar-refractivity contribution in [3.8, 4) is 0 Å². The Kier molecular flexibility index (Phi) is 3.47. The summed E-state index contributed by atoms with van der Waals surface area (Å²) in [5.74, 6) is 0. The standard InChI is InChI=1S/C11H17NO2/c1-11(2,3)14-9-8-12-6-4-10(13)5-7-12/h4-7H,8-9H2,1-3H3. The Balaban J connectivity index is 2.39. The topological polar surface area (TPSA) is 31.2 Å². The van der Waals surface area contributed by atoms with Crippen LogP contribution in [-0.2, 0) is 11.3 Å². The van der Waals surface area contributed by atoms with Gasteiger partial charge in [-0.1, -0.05) is 0 Å². The first-order valence-corrected chi connectivity index (χ1v) is 4.77. The quantitative estimate of drug-likeness (QED) is 0.734. The molecular formula is C11H17NO2. The van der Waals surface area contributed by atoms with Gasteiger partial charge in [-0.25, -0.2) is 0 Å². The minimum absolute atomic E-state index is 0.0398. The van der Waals surface area contributed by atoms with Crippen molar-refractivity contribution >= 4 is 0 Å². The predicted molar refractivity (Wildman–Crippen MR) is 56.4 cm³/mol. The normalized spacial score (nSPS) is 11.6. The average Bonchev–Trinajstić information content (AvgIpc) is 2.06. The summed E-state index contributed by atoms with van der Waals surface area (Å²) in [4.78, 5) is 10.8. The third-order valence-corrected chi connectivity index (χ3v) is 1.75. The van der Waals surface area contributed by atoms with Crippen LogP contribution in [-0.4, -0.2) is 16.8 Å². The van der Waals surface area contributed by atoms with Crippen LogP contribution in [0.4, 0.5) is 0 Å². The molecule has 0 aromatic carbocycles. The molecular weight excluding hydrogens is 178 g/mol. The first-order chi connectivity index (χ1) is 6.47. The number of pyridine rings is 1. The minimum atomic E-state index is -0.0982. The zero-order valence-electron chi connectivity index (χ0n) is 8.99. The zero-order valence-corrected chi connectivity index (χ0v) is 8.99. The van der Waals surface area contributed by atoms with E-state index in [1.165, 1.54) is 0 Å². The fraction of sp³-hybridized carbons (Fsp3) is 0.545. The molecule has 0 saturated heterocycles. The molecule has 3 heteroatoms. The Bertz CT molecular complexity index is 315. The van der Waals surface area contributed by atoms with Crippen molar-refractivity contribution in [3.05, 3.63) is 34.7 Å². The van der Waals surface area contributed by atoms with Crippen LogP contribution in [0.1, 0.15) is 20.8 Å². The molecule has 0 N–H and O–H groups in total. The molecule has 0 bridgehead atoms. The molecule has 14 heavy (non-hydrogen) atoms. The van der Waals surface area contributed by atoms with Gasteiger partial charge in [0, 0.05) is 31.1 Å². The van der Waals surface area contributed by atoms with E-state index >= 15 is 0 Å². The largest absolute Gasteiger partial charge is 0.374 e. The summed E-state index contributed by atoms with van der Waals surface area (Å²) >= 11 is 0. The second-order valence-corrected chi connectivity index (χ2v) is 4.23. The van der Waals surface area contributed by atoms with Crippen LogP contribution in [0.25, 0.3) is 0 Å². The molecule has 0 fully saturated rings. The lowest BCUT2D eigenvalue weighted by Crippen LogP contribution is -2.22. The minimum Gasteiger partial charge on any atom is -0.374 e. The SMILES string of the molecule is CC(C)(C)OCCn1ccc(=O)cc1. The molecule has 1 aromatic heterocycles. The fourth-order valence-corrected chi connectivity index (χ4v) is 1.05. The molecule has 0 radical (unpaired) electrons. The molecule has 0 aliphatic carbocycles. The van der Waals surface area contributed by atoms with Crippen molar-refractivity contribution in [2.45, 2.75) is 32.9 Å². The molecule has 3 nitrogen and oxygen atoms in total. The Morgan fingerprint density at radius 3 is 2.36 bits per heavy atom. The highest BCUT2D eigenvalue weighted by molar-refractivity contribution is 4.93. The summed E-state index contributed by atoms with van der Waals surface area (Å²) in [6.07, 6.45) is 3.54. The maximum absolute atomic E-state index is 10.8. The molecule has 0 unspecified atom stereocenters. The van der Waals surface area contributed by atoms with E-state index in [0.717, 1.165) is 6.54 Å². The van der Waals surface area contributed by atoms with Gasteiger partial charge in [0.25, 0.3) is 0 Å². The van der Waals surface area contributed by atoms with Gasteiger partial charge in [-0.15, -0.1) is 0 Å². The summed E-state index contributed by atoms with van der Waals surface area (Å²) in [7, 11) is 0. The molecule has 0 spiro atoms. The first kappa shape index (κ1) is 11.0. The molecule has 1 aromatic rings. The Hall–Kier alpha value is -1.09. The Morgan fingerprint density at radius 2 is 1.86 bits per heavy atom. The van der Waals surface area contributed by atoms with Gasteiger partial charge in [0.2, 0.25) is 0 Å². The maximum Gasteiger partial charge on any atom is 0.181 e. The Morgan fingerprint density at radius 1 is 1.29 bits per heavy atom. The average molecular weight is 195 g/mol. The number of nitrogens with zero attached hydrogens (tertiary/aromatic N) is 1. The lowest BCUT2D eigenvalue weighted by molar-refractivity contribution is -0.00686. The summed E-state index contributed by atoms with van der Waals surface area (Å²) in [5, 5.41) is 0. The predicted octanol–water partition coefficient (Wildman–Crippen LogP) is 1.66. The first-order valence-electron chi connectivity index (χ1n) is 4.77. The fourth-order valence-electron chi connectivity index (χ4n) is 1.05. The maximum atomic E-state index is 10.8. The van der Waals surface area contributed by atoms with Crippen molar-refractivity contribution in [1.82, 2.24) is 4.57 Å². The monoisotopic (exact) mass is 195 g/mol. The molecule has 1 rings (SSSR count). The molecule has 78 valence electrons. The van der Waals surface area contributed by atoms with Gasteiger partial charge < -0.3 is 9.30 Å². The lowest BCUT2D eigenvalue weighted by atomic mass is 10.2. The van der Waals surface area contributed by atoms with Gasteiger partial charge in [-0.3, -0.25) is 4.79 Å². The van der Waals surface area contributed by atoms with Crippen LogP contribution in [0.15, 0.2) is 29.3 Å². The molecule has 0 saturated carbocycles. The molecule has 0 aliphatic rings. The van der Waals surface area contributed by atoms with E-state index in [9.17, 15) is 4.79 Å². The second kappa shape index (κ2) is 4.42. The van der Waals surface area contributed by atoms with Gasteiger partial charge in [0.15, 0.2) is 5.43 Å². The third kappa shape index (κ3) is 4.23.